The summed E-state index contributed by atoms with van der Waals surface area (Å²) < 4.78 is 10.0. The van der Waals surface area contributed by atoms with Gasteiger partial charge in [0.05, 0.1) is 6.61 Å². The van der Waals surface area contributed by atoms with Crippen molar-refractivity contribution in [2.45, 2.75) is 19.6 Å². The second-order valence-electron chi connectivity index (χ2n) is 5.57. The van der Waals surface area contributed by atoms with E-state index in [0.29, 0.717) is 12.2 Å². The third-order valence-electron chi connectivity index (χ3n) is 3.24. The van der Waals surface area contributed by atoms with E-state index in [1.807, 2.05) is 24.1 Å². The Hall–Kier alpha value is -2.54. The first kappa shape index (κ1) is 16.8. The number of nitrogens with one attached hydrogen (secondary N) is 1. The van der Waals surface area contributed by atoms with E-state index in [9.17, 15) is 9.59 Å². The van der Waals surface area contributed by atoms with E-state index in [4.69, 9.17) is 14.6 Å². The molecular formula is C16H20N2O5. The maximum Gasteiger partial charge on any atom is 0.350 e. The number of aliphatic hydroxyl groups is 1. The van der Waals surface area contributed by atoms with Crippen molar-refractivity contribution in [2.75, 3.05) is 30.4 Å². The van der Waals surface area contributed by atoms with Crippen LogP contribution in [0.3, 0.4) is 0 Å². The predicted octanol–water partition coefficient (Wildman–Crippen LogP) is 1.25. The van der Waals surface area contributed by atoms with Gasteiger partial charge in [-0.05, 0) is 24.3 Å². The molecule has 0 bridgehead atoms. The molecule has 2 rings (SSSR count). The van der Waals surface area contributed by atoms with E-state index >= 15 is 0 Å². The van der Waals surface area contributed by atoms with Crippen LogP contribution in [-0.2, 0) is 19.1 Å². The normalized spacial score (nSPS) is 16.4. The van der Waals surface area contributed by atoms with Gasteiger partial charge in [0, 0.05) is 45.0 Å². The Morgan fingerprint density at radius 3 is 2.26 bits per heavy atom. The van der Waals surface area contributed by atoms with Crippen LogP contribution in [0, 0.1) is 0 Å². The SMILES string of the molecule is CN(CCO)c1ccc(NC=C2C(=O)OC(C)(C)OC2=O)cc1. The highest BCUT2D eigenvalue weighted by Crippen LogP contribution is 2.23. The number of hydrogen-bond donors (Lipinski definition) is 2. The summed E-state index contributed by atoms with van der Waals surface area (Å²) in [5, 5.41) is 11.8. The number of nitrogens with zero attached hydrogens (tertiary/aromatic N) is 1. The maximum absolute atomic E-state index is 11.8. The number of anilines is 2. The second kappa shape index (κ2) is 6.70. The molecule has 124 valence electrons. The third-order valence-corrected chi connectivity index (χ3v) is 3.24. The molecule has 7 heteroatoms. The highest BCUT2D eigenvalue weighted by atomic mass is 16.7. The molecule has 1 aromatic carbocycles. The Bertz CT molecular complexity index is 600. The number of benzene rings is 1. The van der Waals surface area contributed by atoms with Crippen LogP contribution in [0.4, 0.5) is 11.4 Å². The van der Waals surface area contributed by atoms with Gasteiger partial charge in [-0.1, -0.05) is 0 Å². The average Bonchev–Trinajstić information content (AvgIpc) is 2.46. The summed E-state index contributed by atoms with van der Waals surface area (Å²) >= 11 is 0. The van der Waals surface area contributed by atoms with E-state index in [0.717, 1.165) is 5.69 Å². The van der Waals surface area contributed by atoms with E-state index in [1.165, 1.54) is 20.0 Å². The Labute approximate surface area is 134 Å². The molecule has 0 radical (unpaired) electrons. The lowest BCUT2D eigenvalue weighted by atomic mass is 10.2. The number of carbonyl (C=O) groups excluding carboxylic acids is 2. The van der Waals surface area contributed by atoms with Crippen LogP contribution in [0.2, 0.25) is 0 Å². The molecule has 1 heterocycles. The molecule has 1 fully saturated rings. The van der Waals surface area contributed by atoms with Crippen LogP contribution in [-0.4, -0.2) is 43.0 Å². The summed E-state index contributed by atoms with van der Waals surface area (Å²) in [6, 6.07) is 7.31. The monoisotopic (exact) mass is 320 g/mol. The van der Waals surface area contributed by atoms with Gasteiger partial charge >= 0.3 is 11.9 Å². The molecule has 7 nitrogen and oxygen atoms in total. The van der Waals surface area contributed by atoms with Gasteiger partial charge in [-0.3, -0.25) is 0 Å². The number of esters is 2. The number of rotatable bonds is 5. The van der Waals surface area contributed by atoms with E-state index in [1.54, 1.807) is 12.1 Å². The zero-order valence-electron chi connectivity index (χ0n) is 13.3. The first-order valence-corrected chi connectivity index (χ1v) is 7.18. The number of cyclic esters (lactones) is 2. The molecule has 23 heavy (non-hydrogen) atoms. The van der Waals surface area contributed by atoms with Gasteiger partial charge in [0.15, 0.2) is 5.57 Å². The summed E-state index contributed by atoms with van der Waals surface area (Å²) in [6.07, 6.45) is 1.27. The van der Waals surface area contributed by atoms with Gasteiger partial charge in [0.2, 0.25) is 0 Å². The van der Waals surface area contributed by atoms with Crippen molar-refractivity contribution in [3.8, 4) is 0 Å². The van der Waals surface area contributed by atoms with Crippen LogP contribution in [0.25, 0.3) is 0 Å². The van der Waals surface area contributed by atoms with Crippen molar-refractivity contribution >= 4 is 23.3 Å². The Balaban J connectivity index is 2.05. The molecule has 0 unspecified atom stereocenters. The summed E-state index contributed by atoms with van der Waals surface area (Å²) in [5.74, 6) is -2.69. The number of aliphatic hydroxyl groups excluding tert-OH is 1. The largest absolute Gasteiger partial charge is 0.419 e. The van der Waals surface area contributed by atoms with Gasteiger partial charge in [-0.15, -0.1) is 0 Å². The predicted molar refractivity (Wildman–Crippen MR) is 84.8 cm³/mol. The Morgan fingerprint density at radius 1 is 1.17 bits per heavy atom. The molecule has 1 aliphatic rings. The van der Waals surface area contributed by atoms with Crippen molar-refractivity contribution in [3.63, 3.8) is 0 Å². The van der Waals surface area contributed by atoms with Gasteiger partial charge in [0.1, 0.15) is 0 Å². The van der Waals surface area contributed by atoms with Gasteiger partial charge in [-0.2, -0.15) is 0 Å². The second-order valence-corrected chi connectivity index (χ2v) is 5.57. The minimum absolute atomic E-state index is 0.0726. The first-order chi connectivity index (χ1) is 10.8. The van der Waals surface area contributed by atoms with Crippen molar-refractivity contribution < 1.29 is 24.2 Å². The summed E-state index contributed by atoms with van der Waals surface area (Å²) in [7, 11) is 1.87. The lowest BCUT2D eigenvalue weighted by molar-refractivity contribution is -0.222. The molecule has 0 spiro atoms. The van der Waals surface area contributed by atoms with Crippen molar-refractivity contribution in [1.29, 1.82) is 0 Å². The third kappa shape index (κ3) is 4.23. The lowest BCUT2D eigenvalue weighted by Crippen LogP contribution is -2.42. The standard InChI is InChI=1S/C16H20N2O5/c1-16(2)22-14(20)13(15(21)23-16)10-17-11-4-6-12(7-5-11)18(3)8-9-19/h4-7,10,17,19H,8-9H2,1-3H3. The summed E-state index contributed by atoms with van der Waals surface area (Å²) in [5.41, 5.74) is 1.45. The van der Waals surface area contributed by atoms with Crippen molar-refractivity contribution in [1.82, 2.24) is 0 Å². The molecule has 0 atom stereocenters. The number of carbonyl (C=O) groups is 2. The highest BCUT2D eigenvalue weighted by Gasteiger charge is 2.38. The molecular weight excluding hydrogens is 300 g/mol. The van der Waals surface area contributed by atoms with Crippen LogP contribution in [0.5, 0.6) is 0 Å². The highest BCUT2D eigenvalue weighted by molar-refractivity contribution is 6.15. The number of likely N-dealkylation sites (N-methyl/N-ethyl adjacent to an activating group) is 1. The van der Waals surface area contributed by atoms with E-state index in [-0.39, 0.29) is 12.2 Å². The smallest absolute Gasteiger partial charge is 0.350 e. The number of ether oxygens (including phenoxy) is 2. The van der Waals surface area contributed by atoms with E-state index in [2.05, 4.69) is 5.32 Å². The number of hydrogen-bond acceptors (Lipinski definition) is 7. The fourth-order valence-electron chi connectivity index (χ4n) is 2.03. The topological polar surface area (TPSA) is 88.1 Å². The zero-order valence-corrected chi connectivity index (χ0v) is 13.3. The minimum atomic E-state index is -1.25. The molecule has 0 aliphatic carbocycles. The van der Waals surface area contributed by atoms with E-state index < -0.39 is 17.7 Å². The average molecular weight is 320 g/mol. The fourth-order valence-corrected chi connectivity index (χ4v) is 2.03. The van der Waals surface area contributed by atoms with Gasteiger partial charge in [-0.25, -0.2) is 9.59 Å². The quantitative estimate of drug-likeness (QED) is 0.479. The van der Waals surface area contributed by atoms with Gasteiger partial charge < -0.3 is 24.8 Å². The lowest BCUT2D eigenvalue weighted by Gasteiger charge is -2.29. The van der Waals surface area contributed by atoms with Crippen LogP contribution < -0.4 is 10.2 Å². The fraction of sp³-hybridized carbons (Fsp3) is 0.375. The summed E-state index contributed by atoms with van der Waals surface area (Å²) in [6.45, 7) is 3.59. The molecule has 1 aliphatic heterocycles. The molecule has 2 N–H and O–H groups in total. The summed E-state index contributed by atoms with van der Waals surface area (Å²) in [4.78, 5) is 25.5. The van der Waals surface area contributed by atoms with Gasteiger partial charge in [0.25, 0.3) is 5.79 Å². The maximum atomic E-state index is 11.8. The Kier molecular flexibility index (Phi) is 4.90. The molecule has 0 amide bonds. The minimum Gasteiger partial charge on any atom is -0.419 e. The van der Waals surface area contributed by atoms with Crippen molar-refractivity contribution in [3.05, 3.63) is 36.0 Å². The Morgan fingerprint density at radius 2 is 1.74 bits per heavy atom. The molecule has 0 aromatic heterocycles. The van der Waals surface area contributed by atoms with Crippen LogP contribution in [0.15, 0.2) is 36.0 Å². The van der Waals surface area contributed by atoms with Crippen LogP contribution in [0.1, 0.15) is 13.8 Å². The van der Waals surface area contributed by atoms with Crippen LogP contribution >= 0.6 is 0 Å². The van der Waals surface area contributed by atoms with Crippen molar-refractivity contribution in [2.24, 2.45) is 0 Å². The molecule has 1 saturated heterocycles. The molecule has 1 aromatic rings. The molecule has 0 saturated carbocycles. The first-order valence-electron chi connectivity index (χ1n) is 7.18. The zero-order chi connectivity index (χ0) is 17.0.